The number of nitrogens with two attached hydrogens (primary N) is 2. The van der Waals surface area contributed by atoms with Gasteiger partial charge < -0.3 is 15.2 Å². The van der Waals surface area contributed by atoms with E-state index in [2.05, 4.69) is 0 Å². The molecule has 0 heterocycles. The van der Waals surface area contributed by atoms with Crippen LogP contribution in [-0.2, 0) is 0 Å². The fraction of sp³-hybridized carbons (Fsp3) is 0.222. The minimum Gasteiger partial charge on any atom is -0.494 e. The first kappa shape index (κ1) is 11.1. The van der Waals surface area contributed by atoms with Crippen molar-refractivity contribution < 1.29 is 9.47 Å². The zero-order chi connectivity index (χ0) is 11.4. The van der Waals surface area contributed by atoms with Crippen molar-refractivity contribution in [2.75, 3.05) is 19.2 Å². The van der Waals surface area contributed by atoms with Crippen LogP contribution < -0.4 is 26.1 Å². The number of methoxy groups -OCH3 is 2. The lowest BCUT2D eigenvalue weighted by atomic mass is 10.2. The van der Waals surface area contributed by atoms with Gasteiger partial charge in [0.1, 0.15) is 17.2 Å². The molecule has 0 saturated heterocycles. The monoisotopic (exact) mass is 210 g/mol. The van der Waals surface area contributed by atoms with Gasteiger partial charge in [0.2, 0.25) is 5.96 Å². The van der Waals surface area contributed by atoms with Gasteiger partial charge in [-0.2, -0.15) is 0 Å². The first-order chi connectivity index (χ1) is 7.11. The minimum atomic E-state index is -0.294. The lowest BCUT2D eigenvalue weighted by Gasteiger charge is -2.21. The number of para-hydroxylation sites is 1. The van der Waals surface area contributed by atoms with Crippen LogP contribution in [0.15, 0.2) is 18.2 Å². The molecule has 1 aromatic carbocycles. The molecule has 0 spiro atoms. The van der Waals surface area contributed by atoms with Crippen LogP contribution in [0.1, 0.15) is 0 Å². The second-order valence-corrected chi connectivity index (χ2v) is 2.77. The average molecular weight is 210 g/mol. The fourth-order valence-corrected chi connectivity index (χ4v) is 1.19. The number of hydrogen-bond donors (Lipinski definition) is 3. The van der Waals surface area contributed by atoms with Crippen LogP contribution in [0, 0.1) is 5.41 Å². The molecule has 6 heteroatoms. The van der Waals surface area contributed by atoms with E-state index >= 15 is 0 Å². The largest absolute Gasteiger partial charge is 0.494 e. The van der Waals surface area contributed by atoms with Crippen molar-refractivity contribution in [3.8, 4) is 11.5 Å². The second-order valence-electron chi connectivity index (χ2n) is 2.77. The third kappa shape index (κ3) is 2.10. The molecule has 0 aliphatic carbocycles. The smallest absolute Gasteiger partial charge is 0.207 e. The molecule has 0 aromatic heterocycles. The molecule has 1 rings (SSSR count). The van der Waals surface area contributed by atoms with Crippen molar-refractivity contribution in [2.24, 2.45) is 11.6 Å². The van der Waals surface area contributed by atoms with E-state index in [-0.39, 0.29) is 5.96 Å². The average Bonchev–Trinajstić information content (AvgIpc) is 2.26. The van der Waals surface area contributed by atoms with Crippen LogP contribution in [0.5, 0.6) is 11.5 Å². The van der Waals surface area contributed by atoms with Crippen LogP contribution >= 0.6 is 0 Å². The number of hydrazine groups is 1. The highest BCUT2D eigenvalue weighted by Gasteiger charge is 2.16. The number of nitrogens with one attached hydrogen (secondary N) is 1. The Balaban J connectivity index is 3.27. The van der Waals surface area contributed by atoms with E-state index in [0.29, 0.717) is 17.2 Å². The van der Waals surface area contributed by atoms with E-state index in [1.807, 2.05) is 0 Å². The fourth-order valence-electron chi connectivity index (χ4n) is 1.19. The van der Waals surface area contributed by atoms with Crippen LogP contribution in [0.2, 0.25) is 0 Å². The molecule has 0 bridgehead atoms. The zero-order valence-electron chi connectivity index (χ0n) is 8.65. The third-order valence-corrected chi connectivity index (χ3v) is 1.90. The van der Waals surface area contributed by atoms with Gasteiger partial charge in [0.25, 0.3) is 0 Å². The highest BCUT2D eigenvalue weighted by Crippen LogP contribution is 2.35. The summed E-state index contributed by atoms with van der Waals surface area (Å²) in [4.78, 5) is 0. The van der Waals surface area contributed by atoms with Gasteiger partial charge in [-0.15, -0.1) is 0 Å². The van der Waals surface area contributed by atoms with Crippen molar-refractivity contribution in [2.45, 2.75) is 0 Å². The Morgan fingerprint density at radius 1 is 1.27 bits per heavy atom. The molecular weight excluding hydrogens is 196 g/mol. The second kappa shape index (κ2) is 4.52. The first-order valence-electron chi connectivity index (χ1n) is 4.21. The number of hydrogen-bond acceptors (Lipinski definition) is 4. The minimum absolute atomic E-state index is 0.294. The molecule has 1 aromatic rings. The summed E-state index contributed by atoms with van der Waals surface area (Å²) in [5.41, 5.74) is 5.71. The van der Waals surface area contributed by atoms with E-state index < -0.39 is 0 Å². The summed E-state index contributed by atoms with van der Waals surface area (Å²) < 4.78 is 10.2. The molecular formula is C9H14N4O2. The third-order valence-electron chi connectivity index (χ3n) is 1.90. The summed E-state index contributed by atoms with van der Waals surface area (Å²) in [5, 5.41) is 8.25. The number of ether oxygens (including phenoxy) is 2. The van der Waals surface area contributed by atoms with Gasteiger partial charge in [0.15, 0.2) is 0 Å². The van der Waals surface area contributed by atoms with Gasteiger partial charge in [-0.25, -0.2) is 10.9 Å². The Hall–Kier alpha value is -1.95. The van der Waals surface area contributed by atoms with Gasteiger partial charge in [-0.05, 0) is 12.1 Å². The summed E-state index contributed by atoms with van der Waals surface area (Å²) in [7, 11) is 3.01. The van der Waals surface area contributed by atoms with Crippen molar-refractivity contribution in [3.63, 3.8) is 0 Å². The molecule has 82 valence electrons. The summed E-state index contributed by atoms with van der Waals surface area (Å²) in [6, 6.07) is 5.18. The van der Waals surface area contributed by atoms with Crippen LogP contribution in [0.3, 0.4) is 0 Å². The number of anilines is 1. The number of rotatable bonds is 3. The molecule has 0 fully saturated rings. The SMILES string of the molecule is COc1cccc(OC)c1N(N)C(=N)N. The molecule has 0 unspecified atom stereocenters. The Morgan fingerprint density at radius 2 is 1.73 bits per heavy atom. The lowest BCUT2D eigenvalue weighted by molar-refractivity contribution is 0.396. The van der Waals surface area contributed by atoms with Crippen molar-refractivity contribution >= 4 is 11.6 Å². The predicted molar refractivity (Wildman–Crippen MR) is 58.1 cm³/mol. The summed E-state index contributed by atoms with van der Waals surface area (Å²) in [6.07, 6.45) is 0. The van der Waals surface area contributed by atoms with Gasteiger partial charge in [-0.1, -0.05) is 6.07 Å². The molecule has 0 amide bonds. The molecule has 0 aliphatic rings. The van der Waals surface area contributed by atoms with E-state index in [1.54, 1.807) is 18.2 Å². The lowest BCUT2D eigenvalue weighted by Crippen LogP contribution is -2.42. The quantitative estimate of drug-likeness (QED) is 0.288. The van der Waals surface area contributed by atoms with E-state index in [4.69, 9.17) is 26.5 Å². The zero-order valence-corrected chi connectivity index (χ0v) is 8.65. The summed E-state index contributed by atoms with van der Waals surface area (Å²) in [5.74, 6) is 6.31. The van der Waals surface area contributed by atoms with E-state index in [1.165, 1.54) is 14.2 Å². The standard InChI is InChI=1S/C9H14N4O2/c1-14-6-4-3-5-7(15-2)8(6)13(12)9(10)11/h3-5H,12H2,1-2H3,(H3,10,11). The normalized spacial score (nSPS) is 9.53. The summed E-state index contributed by atoms with van der Waals surface area (Å²) >= 11 is 0. The molecule has 6 nitrogen and oxygen atoms in total. The summed E-state index contributed by atoms with van der Waals surface area (Å²) in [6.45, 7) is 0. The number of guanidine groups is 1. The molecule has 5 N–H and O–H groups in total. The number of benzene rings is 1. The van der Waals surface area contributed by atoms with Gasteiger partial charge in [-0.3, -0.25) is 5.41 Å². The van der Waals surface area contributed by atoms with Crippen molar-refractivity contribution in [1.82, 2.24) is 0 Å². The van der Waals surface area contributed by atoms with Crippen molar-refractivity contribution in [3.05, 3.63) is 18.2 Å². The maximum atomic E-state index is 7.25. The van der Waals surface area contributed by atoms with Crippen LogP contribution in [0.25, 0.3) is 0 Å². The van der Waals surface area contributed by atoms with Crippen molar-refractivity contribution in [1.29, 1.82) is 5.41 Å². The van der Waals surface area contributed by atoms with E-state index in [9.17, 15) is 0 Å². The van der Waals surface area contributed by atoms with E-state index in [0.717, 1.165) is 5.01 Å². The Kier molecular flexibility index (Phi) is 3.35. The predicted octanol–water partition coefficient (Wildman–Crippen LogP) is 0.277. The maximum absolute atomic E-state index is 7.25. The first-order valence-corrected chi connectivity index (χ1v) is 4.21. The maximum Gasteiger partial charge on any atom is 0.207 e. The Bertz CT molecular complexity index is 345. The molecule has 0 saturated carbocycles. The van der Waals surface area contributed by atoms with Crippen LogP contribution in [0.4, 0.5) is 5.69 Å². The Morgan fingerprint density at radius 3 is 2.07 bits per heavy atom. The Labute approximate surface area is 87.8 Å². The van der Waals surface area contributed by atoms with Gasteiger partial charge >= 0.3 is 0 Å². The molecule has 0 atom stereocenters. The topological polar surface area (TPSA) is 97.6 Å². The highest BCUT2D eigenvalue weighted by molar-refractivity contribution is 5.94. The molecule has 0 radical (unpaired) electrons. The van der Waals surface area contributed by atoms with Crippen LogP contribution in [-0.4, -0.2) is 20.2 Å². The molecule has 15 heavy (non-hydrogen) atoms. The molecule has 0 aliphatic heterocycles. The highest BCUT2D eigenvalue weighted by atomic mass is 16.5. The van der Waals surface area contributed by atoms with Gasteiger partial charge in [0, 0.05) is 0 Å². The van der Waals surface area contributed by atoms with Gasteiger partial charge in [0.05, 0.1) is 14.2 Å². The number of nitrogens with zero attached hydrogens (tertiary/aromatic N) is 1.